The minimum absolute atomic E-state index is 0.0322. The molecule has 55 heavy (non-hydrogen) atoms. The fourth-order valence-electron chi connectivity index (χ4n) is 8.12. The Bertz CT molecular complexity index is 2020. The summed E-state index contributed by atoms with van der Waals surface area (Å²) >= 11 is 0. The quantitative estimate of drug-likeness (QED) is 0.119. The van der Waals surface area contributed by atoms with E-state index in [1.54, 1.807) is 47.0 Å². The van der Waals surface area contributed by atoms with Crippen LogP contribution in [0.4, 0.5) is 17.1 Å². The van der Waals surface area contributed by atoms with Crippen LogP contribution in [0.25, 0.3) is 0 Å². The van der Waals surface area contributed by atoms with E-state index in [0.29, 0.717) is 47.7 Å². The van der Waals surface area contributed by atoms with Gasteiger partial charge in [0.05, 0.1) is 39.2 Å². The van der Waals surface area contributed by atoms with Crippen LogP contribution in [-0.2, 0) is 44.2 Å². The molecule has 0 aliphatic carbocycles. The molecule has 1 saturated heterocycles. The van der Waals surface area contributed by atoms with Crippen LogP contribution >= 0.6 is 0 Å². The van der Waals surface area contributed by atoms with Crippen LogP contribution in [0.2, 0.25) is 18.6 Å². The molecule has 3 amide bonds. The molecular weight excluding hydrogens is 721 g/mol. The summed E-state index contributed by atoms with van der Waals surface area (Å²) in [5.41, 5.74) is 2.22. The fraction of sp³-hybridized carbons (Fsp3) is 0.425. The molecule has 3 heterocycles. The standard InChI is InChI=1S/C40H50N6O8Si/c1-24-36(55(5,6)32-14-12-31(53-4)13-15-32)35(17-19-45-23-30(18-20-47)43-44-45)54-40(24)33-21-29(42-38(51)26(3)49)11-16-34(33)46(39(40)52)22-27-7-9-28(10-8-27)41-37(50)25(2)48/h7-16,21,23-26,35-36,47-49H,17-20,22H2,1-6H3,(H,41,50)(H,42,51)/t24-,25-,26-,35+,36-,40+/m0/s1. The number of aliphatic hydroxyl groups is 3. The van der Waals surface area contributed by atoms with Gasteiger partial charge in [0, 0.05) is 48.6 Å². The molecular formula is C40H50N6O8Si. The van der Waals surface area contributed by atoms with E-state index in [4.69, 9.17) is 9.47 Å². The Labute approximate surface area is 321 Å². The summed E-state index contributed by atoms with van der Waals surface area (Å²) in [5.74, 6) is -0.889. The van der Waals surface area contributed by atoms with E-state index < -0.39 is 37.7 Å². The predicted octanol–water partition coefficient (Wildman–Crippen LogP) is 3.31. The summed E-state index contributed by atoms with van der Waals surface area (Å²) in [6.07, 6.45) is -0.0333. The number of carbonyl (C=O) groups excluding carboxylic acids is 3. The lowest BCUT2D eigenvalue weighted by Crippen LogP contribution is -2.51. The van der Waals surface area contributed by atoms with Crippen molar-refractivity contribution in [1.29, 1.82) is 0 Å². The molecule has 2 aliphatic heterocycles. The van der Waals surface area contributed by atoms with Crippen LogP contribution in [0.1, 0.15) is 44.0 Å². The number of anilines is 3. The molecule has 0 bridgehead atoms. The number of methoxy groups -OCH3 is 1. The number of aryl methyl sites for hydroxylation is 1. The maximum atomic E-state index is 15.3. The van der Waals surface area contributed by atoms with Gasteiger partial charge in [-0.3, -0.25) is 19.1 Å². The summed E-state index contributed by atoms with van der Waals surface area (Å²) in [6.45, 7) is 10.1. The highest BCUT2D eigenvalue weighted by Crippen LogP contribution is 2.60. The van der Waals surface area contributed by atoms with Gasteiger partial charge < -0.3 is 40.3 Å². The highest BCUT2D eigenvalue weighted by Gasteiger charge is 2.66. The van der Waals surface area contributed by atoms with E-state index in [0.717, 1.165) is 11.3 Å². The van der Waals surface area contributed by atoms with Crippen LogP contribution in [0.15, 0.2) is 72.9 Å². The van der Waals surface area contributed by atoms with Crippen molar-refractivity contribution in [2.45, 2.75) is 89.3 Å². The molecule has 1 aromatic heterocycles. The van der Waals surface area contributed by atoms with Crippen LogP contribution in [-0.4, -0.2) is 88.1 Å². The van der Waals surface area contributed by atoms with Gasteiger partial charge in [-0.1, -0.05) is 54.7 Å². The van der Waals surface area contributed by atoms with E-state index in [1.165, 1.54) is 19.0 Å². The zero-order valence-corrected chi connectivity index (χ0v) is 33.0. The second-order valence-electron chi connectivity index (χ2n) is 15.0. The van der Waals surface area contributed by atoms with Gasteiger partial charge in [0.15, 0.2) is 5.60 Å². The number of fused-ring (bicyclic) bond motifs is 2. The van der Waals surface area contributed by atoms with Crippen LogP contribution in [0.5, 0.6) is 5.75 Å². The van der Waals surface area contributed by atoms with E-state index in [2.05, 4.69) is 53.1 Å². The first-order valence-electron chi connectivity index (χ1n) is 18.5. The Morgan fingerprint density at radius 2 is 1.62 bits per heavy atom. The Morgan fingerprint density at radius 3 is 2.24 bits per heavy atom. The van der Waals surface area contributed by atoms with Crippen molar-refractivity contribution >= 4 is 48.0 Å². The van der Waals surface area contributed by atoms with Gasteiger partial charge in [-0.15, -0.1) is 5.10 Å². The third-order valence-corrected chi connectivity index (χ3v) is 15.4. The second kappa shape index (κ2) is 16.0. The third kappa shape index (κ3) is 7.80. The molecule has 292 valence electrons. The number of nitrogens with zero attached hydrogens (tertiary/aromatic N) is 4. The van der Waals surface area contributed by atoms with Crippen LogP contribution < -0.4 is 25.5 Å². The maximum Gasteiger partial charge on any atom is 0.264 e. The van der Waals surface area contributed by atoms with Gasteiger partial charge in [-0.25, -0.2) is 0 Å². The van der Waals surface area contributed by atoms with Gasteiger partial charge in [0.1, 0.15) is 18.0 Å². The van der Waals surface area contributed by atoms with Gasteiger partial charge in [0.25, 0.3) is 17.7 Å². The number of amides is 3. The second-order valence-corrected chi connectivity index (χ2v) is 19.7. The Kier molecular flexibility index (Phi) is 11.6. The third-order valence-electron chi connectivity index (χ3n) is 11.0. The lowest BCUT2D eigenvalue weighted by molar-refractivity contribution is -0.146. The van der Waals surface area contributed by atoms with Crippen molar-refractivity contribution in [3.05, 3.63) is 89.7 Å². The number of hydrogen-bond acceptors (Lipinski definition) is 10. The van der Waals surface area contributed by atoms with Gasteiger partial charge in [-0.05, 0) is 73.8 Å². The zero-order valence-electron chi connectivity index (χ0n) is 32.0. The van der Waals surface area contributed by atoms with Crippen molar-refractivity contribution in [2.75, 3.05) is 29.3 Å². The van der Waals surface area contributed by atoms with Crippen molar-refractivity contribution in [3.8, 4) is 5.75 Å². The number of rotatable bonds is 14. The van der Waals surface area contributed by atoms with Crippen molar-refractivity contribution in [1.82, 2.24) is 15.0 Å². The van der Waals surface area contributed by atoms with Crippen LogP contribution in [0.3, 0.4) is 0 Å². The van der Waals surface area contributed by atoms with Crippen molar-refractivity contribution < 1.29 is 39.2 Å². The Morgan fingerprint density at radius 1 is 0.982 bits per heavy atom. The molecule has 0 saturated carbocycles. The van der Waals surface area contributed by atoms with Gasteiger partial charge in [-0.2, -0.15) is 0 Å². The number of benzene rings is 3. The lowest BCUT2D eigenvalue weighted by atomic mass is 9.82. The van der Waals surface area contributed by atoms with Gasteiger partial charge in [0.2, 0.25) is 0 Å². The number of ether oxygens (including phenoxy) is 2. The fourth-order valence-corrected chi connectivity index (χ4v) is 12.2. The molecule has 1 fully saturated rings. The van der Waals surface area contributed by atoms with E-state index in [9.17, 15) is 24.9 Å². The minimum atomic E-state index is -2.46. The Balaban J connectivity index is 1.42. The zero-order chi connectivity index (χ0) is 39.7. The average molecular weight is 771 g/mol. The van der Waals surface area contributed by atoms with Crippen molar-refractivity contribution in [3.63, 3.8) is 0 Å². The number of aromatic nitrogens is 3. The highest BCUT2D eigenvalue weighted by atomic mass is 28.3. The lowest BCUT2D eigenvalue weighted by Gasteiger charge is -2.37. The monoisotopic (exact) mass is 770 g/mol. The average Bonchev–Trinajstić information content (AvgIpc) is 3.81. The Hall–Kier alpha value is -4.93. The molecule has 6 atom stereocenters. The summed E-state index contributed by atoms with van der Waals surface area (Å²) in [4.78, 5) is 41.7. The molecule has 0 radical (unpaired) electrons. The molecule has 3 aromatic carbocycles. The van der Waals surface area contributed by atoms with Gasteiger partial charge >= 0.3 is 0 Å². The summed E-state index contributed by atoms with van der Waals surface area (Å²) in [7, 11) is -0.826. The number of carbonyl (C=O) groups is 3. The number of nitrogens with one attached hydrogen (secondary N) is 2. The molecule has 4 aromatic rings. The number of aliphatic hydroxyl groups excluding tert-OH is 3. The minimum Gasteiger partial charge on any atom is -0.497 e. The van der Waals surface area contributed by atoms with E-state index >= 15 is 4.79 Å². The first-order valence-corrected chi connectivity index (χ1v) is 21.6. The van der Waals surface area contributed by atoms with Crippen molar-refractivity contribution in [2.24, 2.45) is 5.92 Å². The molecule has 14 nitrogen and oxygen atoms in total. The summed E-state index contributed by atoms with van der Waals surface area (Å²) in [6, 6.07) is 20.5. The smallest absolute Gasteiger partial charge is 0.264 e. The van der Waals surface area contributed by atoms with E-state index in [-0.39, 0.29) is 36.6 Å². The molecule has 1 spiro atoms. The molecule has 6 rings (SSSR count). The normalized spacial score (nSPS) is 21.7. The molecule has 2 aliphatic rings. The highest BCUT2D eigenvalue weighted by molar-refractivity contribution is 6.91. The largest absolute Gasteiger partial charge is 0.497 e. The predicted molar refractivity (Wildman–Crippen MR) is 210 cm³/mol. The maximum absolute atomic E-state index is 15.3. The molecule has 0 unspecified atom stereocenters. The molecule has 15 heteroatoms. The van der Waals surface area contributed by atoms with E-state index in [1.807, 2.05) is 30.5 Å². The molecule has 5 N–H and O–H groups in total. The first-order chi connectivity index (χ1) is 26.2. The number of hydrogen-bond donors (Lipinski definition) is 5. The topological polar surface area (TPSA) is 188 Å². The summed E-state index contributed by atoms with van der Waals surface area (Å²) < 4.78 is 14.5. The SMILES string of the molecule is COc1ccc([Si](C)(C)[C@@H]2[C@@H](CCn3cc(CCO)nn3)O[C@]3(C(=O)N(Cc4ccc(NC(=O)[C@H](C)O)cc4)c4ccc(NC(=O)[C@H](C)O)cc43)[C@H]2C)cc1. The first kappa shape index (κ1) is 39.8. The van der Waals surface area contributed by atoms with Crippen LogP contribution in [0, 0.1) is 5.92 Å². The summed E-state index contributed by atoms with van der Waals surface area (Å²) in [5, 5.41) is 44.2.